The molecule has 0 bridgehead atoms. The zero-order valence-electron chi connectivity index (χ0n) is 10.5. The topological polar surface area (TPSA) is 48.4 Å². The SMILES string of the molecule is COc1cncc(C(=O)c2cccc(OC(F)F)c2)c1. The summed E-state index contributed by atoms with van der Waals surface area (Å²) < 4.78 is 33.5. The summed E-state index contributed by atoms with van der Waals surface area (Å²) in [5, 5.41) is 0. The number of halogens is 2. The highest BCUT2D eigenvalue weighted by molar-refractivity contribution is 6.09. The number of rotatable bonds is 5. The summed E-state index contributed by atoms with van der Waals surface area (Å²) in [6.45, 7) is -2.93. The highest BCUT2D eigenvalue weighted by atomic mass is 19.3. The number of pyridine rings is 1. The molecule has 0 aliphatic heterocycles. The van der Waals surface area contributed by atoms with Crippen molar-refractivity contribution in [2.75, 3.05) is 7.11 Å². The number of hydrogen-bond acceptors (Lipinski definition) is 4. The molecule has 0 atom stereocenters. The summed E-state index contributed by atoms with van der Waals surface area (Å²) in [5.74, 6) is 0.0219. The van der Waals surface area contributed by atoms with Crippen molar-refractivity contribution >= 4 is 5.78 Å². The number of hydrogen-bond donors (Lipinski definition) is 0. The van der Waals surface area contributed by atoms with Gasteiger partial charge in [0.1, 0.15) is 11.5 Å². The van der Waals surface area contributed by atoms with Gasteiger partial charge < -0.3 is 9.47 Å². The number of nitrogens with zero attached hydrogens (tertiary/aromatic N) is 1. The molecule has 0 fully saturated rings. The van der Waals surface area contributed by atoms with Crippen LogP contribution >= 0.6 is 0 Å². The number of ketones is 1. The Morgan fingerprint density at radius 3 is 2.60 bits per heavy atom. The maximum absolute atomic E-state index is 12.2. The van der Waals surface area contributed by atoms with Crippen LogP contribution in [0.25, 0.3) is 0 Å². The normalized spacial score (nSPS) is 10.4. The number of aromatic nitrogens is 1. The van der Waals surface area contributed by atoms with E-state index in [2.05, 4.69) is 9.72 Å². The molecule has 0 aliphatic rings. The molecule has 0 radical (unpaired) electrons. The zero-order valence-corrected chi connectivity index (χ0v) is 10.5. The van der Waals surface area contributed by atoms with Crippen molar-refractivity contribution < 1.29 is 23.0 Å². The van der Waals surface area contributed by atoms with Crippen LogP contribution in [0.2, 0.25) is 0 Å². The van der Waals surface area contributed by atoms with Crippen molar-refractivity contribution in [3.63, 3.8) is 0 Å². The summed E-state index contributed by atoms with van der Waals surface area (Å²) in [6, 6.07) is 7.12. The predicted molar refractivity (Wildman–Crippen MR) is 67.3 cm³/mol. The average molecular weight is 279 g/mol. The minimum absolute atomic E-state index is 0.0679. The lowest BCUT2D eigenvalue weighted by Gasteiger charge is -2.07. The van der Waals surface area contributed by atoms with E-state index in [1.165, 1.54) is 49.8 Å². The van der Waals surface area contributed by atoms with Gasteiger partial charge in [-0.3, -0.25) is 9.78 Å². The number of carbonyl (C=O) groups is 1. The molecule has 0 saturated heterocycles. The third-order valence-electron chi connectivity index (χ3n) is 2.53. The highest BCUT2D eigenvalue weighted by Gasteiger charge is 2.12. The molecular formula is C14H11F2NO3. The van der Waals surface area contributed by atoms with Gasteiger partial charge in [-0.15, -0.1) is 0 Å². The van der Waals surface area contributed by atoms with Crippen LogP contribution in [0.1, 0.15) is 15.9 Å². The van der Waals surface area contributed by atoms with Gasteiger partial charge in [0.05, 0.1) is 13.3 Å². The monoisotopic (exact) mass is 279 g/mol. The smallest absolute Gasteiger partial charge is 0.387 e. The minimum atomic E-state index is -2.93. The molecule has 2 aromatic rings. The van der Waals surface area contributed by atoms with Gasteiger partial charge in [-0.05, 0) is 18.2 Å². The molecule has 0 saturated carbocycles. The van der Waals surface area contributed by atoms with E-state index in [0.29, 0.717) is 11.3 Å². The minimum Gasteiger partial charge on any atom is -0.495 e. The summed E-state index contributed by atoms with van der Waals surface area (Å²) >= 11 is 0. The van der Waals surface area contributed by atoms with E-state index in [-0.39, 0.29) is 17.1 Å². The number of alkyl halides is 2. The standard InChI is InChI=1S/C14H11F2NO3/c1-19-12-6-10(7-17-8-12)13(18)9-3-2-4-11(5-9)20-14(15)16/h2-8,14H,1H3. The predicted octanol–water partition coefficient (Wildman–Crippen LogP) is 2.92. The van der Waals surface area contributed by atoms with Crippen LogP contribution in [0.5, 0.6) is 11.5 Å². The van der Waals surface area contributed by atoms with Crippen molar-refractivity contribution in [2.24, 2.45) is 0 Å². The van der Waals surface area contributed by atoms with Gasteiger partial charge in [-0.2, -0.15) is 8.78 Å². The number of benzene rings is 1. The van der Waals surface area contributed by atoms with Gasteiger partial charge in [0, 0.05) is 17.3 Å². The molecule has 0 spiro atoms. The zero-order chi connectivity index (χ0) is 14.5. The number of carbonyl (C=O) groups excluding carboxylic acids is 1. The Morgan fingerprint density at radius 1 is 1.15 bits per heavy atom. The van der Waals surface area contributed by atoms with Crippen LogP contribution in [0.15, 0.2) is 42.7 Å². The lowest BCUT2D eigenvalue weighted by atomic mass is 10.0. The molecule has 0 N–H and O–H groups in total. The quantitative estimate of drug-likeness (QED) is 0.790. The highest BCUT2D eigenvalue weighted by Crippen LogP contribution is 2.19. The van der Waals surface area contributed by atoms with Crippen LogP contribution in [-0.2, 0) is 0 Å². The fourth-order valence-electron chi connectivity index (χ4n) is 1.63. The van der Waals surface area contributed by atoms with Gasteiger partial charge in [-0.1, -0.05) is 12.1 Å². The fourth-order valence-corrected chi connectivity index (χ4v) is 1.63. The maximum atomic E-state index is 12.2. The second kappa shape index (κ2) is 6.10. The summed E-state index contributed by atoms with van der Waals surface area (Å²) in [4.78, 5) is 16.1. The Labute approximate surface area is 114 Å². The van der Waals surface area contributed by atoms with Gasteiger partial charge in [-0.25, -0.2) is 0 Å². The van der Waals surface area contributed by atoms with Gasteiger partial charge >= 0.3 is 6.61 Å². The molecule has 20 heavy (non-hydrogen) atoms. The van der Waals surface area contributed by atoms with Gasteiger partial charge in [0.2, 0.25) is 0 Å². The van der Waals surface area contributed by atoms with E-state index < -0.39 is 6.61 Å². The first-order chi connectivity index (χ1) is 9.60. The summed E-state index contributed by atoms with van der Waals surface area (Å²) in [6.07, 6.45) is 2.85. The Morgan fingerprint density at radius 2 is 1.90 bits per heavy atom. The van der Waals surface area contributed by atoms with Crippen molar-refractivity contribution in [1.29, 1.82) is 0 Å². The molecule has 4 nitrogen and oxygen atoms in total. The molecule has 1 heterocycles. The average Bonchev–Trinajstić information content (AvgIpc) is 2.46. The van der Waals surface area contributed by atoms with Crippen LogP contribution in [-0.4, -0.2) is 24.5 Å². The molecular weight excluding hydrogens is 268 g/mol. The molecule has 0 aliphatic carbocycles. The third kappa shape index (κ3) is 3.28. The Balaban J connectivity index is 2.28. The van der Waals surface area contributed by atoms with E-state index in [1.54, 1.807) is 0 Å². The van der Waals surface area contributed by atoms with Gasteiger partial charge in [0.25, 0.3) is 0 Å². The van der Waals surface area contributed by atoms with Crippen LogP contribution in [0.4, 0.5) is 8.78 Å². The van der Waals surface area contributed by atoms with Gasteiger partial charge in [0.15, 0.2) is 5.78 Å². The Hall–Kier alpha value is -2.50. The molecule has 104 valence electrons. The van der Waals surface area contributed by atoms with E-state index in [0.717, 1.165) is 0 Å². The van der Waals surface area contributed by atoms with Crippen LogP contribution in [0, 0.1) is 0 Å². The van der Waals surface area contributed by atoms with Crippen molar-refractivity contribution in [2.45, 2.75) is 6.61 Å². The summed E-state index contributed by atoms with van der Waals surface area (Å²) in [5.41, 5.74) is 0.539. The maximum Gasteiger partial charge on any atom is 0.387 e. The van der Waals surface area contributed by atoms with Crippen molar-refractivity contribution in [3.8, 4) is 11.5 Å². The lowest BCUT2D eigenvalue weighted by molar-refractivity contribution is -0.0498. The Bertz CT molecular complexity index is 617. The van der Waals surface area contributed by atoms with Crippen LogP contribution < -0.4 is 9.47 Å². The molecule has 6 heteroatoms. The first kappa shape index (κ1) is 13.9. The molecule has 1 aromatic heterocycles. The first-order valence-electron chi connectivity index (χ1n) is 5.69. The second-order valence-corrected chi connectivity index (χ2v) is 3.85. The molecule has 0 unspecified atom stereocenters. The fraction of sp³-hybridized carbons (Fsp3) is 0.143. The lowest BCUT2D eigenvalue weighted by Crippen LogP contribution is -2.05. The number of methoxy groups -OCH3 is 1. The van der Waals surface area contributed by atoms with E-state index >= 15 is 0 Å². The Kier molecular flexibility index (Phi) is 4.24. The van der Waals surface area contributed by atoms with Crippen molar-refractivity contribution in [3.05, 3.63) is 53.9 Å². The van der Waals surface area contributed by atoms with E-state index in [1.807, 2.05) is 0 Å². The molecule has 2 rings (SSSR count). The largest absolute Gasteiger partial charge is 0.495 e. The van der Waals surface area contributed by atoms with Crippen LogP contribution in [0.3, 0.4) is 0 Å². The molecule has 0 amide bonds. The van der Waals surface area contributed by atoms with Crippen molar-refractivity contribution in [1.82, 2.24) is 4.98 Å². The number of ether oxygens (including phenoxy) is 2. The second-order valence-electron chi connectivity index (χ2n) is 3.85. The third-order valence-corrected chi connectivity index (χ3v) is 2.53. The van der Waals surface area contributed by atoms with E-state index in [9.17, 15) is 13.6 Å². The molecule has 1 aromatic carbocycles. The van der Waals surface area contributed by atoms with E-state index in [4.69, 9.17) is 4.74 Å². The first-order valence-corrected chi connectivity index (χ1v) is 5.69. The summed E-state index contributed by atoms with van der Waals surface area (Å²) in [7, 11) is 1.46.